The second kappa shape index (κ2) is 7.84. The Morgan fingerprint density at radius 3 is 2.38 bits per heavy atom. The minimum absolute atomic E-state index is 0.195. The van der Waals surface area contributed by atoms with Gasteiger partial charge in [0.05, 0.1) is 12.6 Å². The summed E-state index contributed by atoms with van der Waals surface area (Å²) in [4.78, 5) is 0. The van der Waals surface area contributed by atoms with Crippen molar-refractivity contribution in [3.8, 4) is 5.75 Å². The van der Waals surface area contributed by atoms with Crippen molar-refractivity contribution < 1.29 is 4.74 Å². The SMILES string of the molecule is CCCc1ccc(C(NC)c2cccc(OCC)c2)cc1. The number of benzene rings is 2. The fourth-order valence-corrected chi connectivity index (χ4v) is 2.64. The second-order valence-corrected chi connectivity index (χ2v) is 5.22. The zero-order chi connectivity index (χ0) is 15.1. The molecule has 0 fully saturated rings. The Balaban J connectivity index is 2.24. The number of hydrogen-bond donors (Lipinski definition) is 1. The summed E-state index contributed by atoms with van der Waals surface area (Å²) in [5.74, 6) is 0.929. The third-order valence-electron chi connectivity index (χ3n) is 3.64. The molecule has 21 heavy (non-hydrogen) atoms. The molecule has 2 rings (SSSR count). The minimum atomic E-state index is 0.195. The average Bonchev–Trinajstić information content (AvgIpc) is 2.51. The van der Waals surface area contributed by atoms with Crippen molar-refractivity contribution in [1.29, 1.82) is 0 Å². The smallest absolute Gasteiger partial charge is 0.119 e. The molecule has 0 heterocycles. The van der Waals surface area contributed by atoms with Crippen molar-refractivity contribution in [3.63, 3.8) is 0 Å². The van der Waals surface area contributed by atoms with Crippen molar-refractivity contribution >= 4 is 0 Å². The minimum Gasteiger partial charge on any atom is -0.494 e. The van der Waals surface area contributed by atoms with Crippen molar-refractivity contribution in [1.82, 2.24) is 5.32 Å². The van der Waals surface area contributed by atoms with Gasteiger partial charge in [0.25, 0.3) is 0 Å². The van der Waals surface area contributed by atoms with Gasteiger partial charge in [0.2, 0.25) is 0 Å². The Labute approximate surface area is 128 Å². The molecule has 0 aromatic heterocycles. The molecule has 0 saturated carbocycles. The van der Waals surface area contributed by atoms with Crippen LogP contribution in [0.4, 0.5) is 0 Å². The van der Waals surface area contributed by atoms with Crippen LogP contribution in [0.2, 0.25) is 0 Å². The van der Waals surface area contributed by atoms with E-state index >= 15 is 0 Å². The molecule has 112 valence electrons. The van der Waals surface area contributed by atoms with E-state index < -0.39 is 0 Å². The van der Waals surface area contributed by atoms with Crippen LogP contribution >= 0.6 is 0 Å². The highest BCUT2D eigenvalue weighted by atomic mass is 16.5. The zero-order valence-electron chi connectivity index (χ0n) is 13.2. The molecule has 2 aromatic carbocycles. The lowest BCUT2D eigenvalue weighted by molar-refractivity contribution is 0.339. The van der Waals surface area contributed by atoms with Gasteiger partial charge >= 0.3 is 0 Å². The van der Waals surface area contributed by atoms with Crippen LogP contribution in [0.5, 0.6) is 5.75 Å². The monoisotopic (exact) mass is 283 g/mol. The Hall–Kier alpha value is -1.80. The van der Waals surface area contributed by atoms with Crippen LogP contribution < -0.4 is 10.1 Å². The maximum atomic E-state index is 5.60. The highest BCUT2D eigenvalue weighted by molar-refractivity contribution is 5.37. The largest absolute Gasteiger partial charge is 0.494 e. The molecular formula is C19H25NO. The normalized spacial score (nSPS) is 12.1. The van der Waals surface area contributed by atoms with Crippen LogP contribution in [0, 0.1) is 0 Å². The molecule has 0 bridgehead atoms. The van der Waals surface area contributed by atoms with E-state index in [1.54, 1.807) is 0 Å². The van der Waals surface area contributed by atoms with Crippen molar-refractivity contribution in [2.45, 2.75) is 32.7 Å². The zero-order valence-corrected chi connectivity index (χ0v) is 13.2. The van der Waals surface area contributed by atoms with Crippen molar-refractivity contribution in [3.05, 3.63) is 65.2 Å². The molecule has 0 amide bonds. The molecule has 0 radical (unpaired) electrons. The van der Waals surface area contributed by atoms with Gasteiger partial charge in [0, 0.05) is 0 Å². The van der Waals surface area contributed by atoms with E-state index in [0.29, 0.717) is 6.61 Å². The van der Waals surface area contributed by atoms with Crippen LogP contribution in [0.15, 0.2) is 48.5 Å². The summed E-state index contributed by atoms with van der Waals surface area (Å²) in [6.07, 6.45) is 2.33. The Kier molecular flexibility index (Phi) is 5.82. The van der Waals surface area contributed by atoms with Crippen LogP contribution in [0.1, 0.15) is 43.0 Å². The number of ether oxygens (including phenoxy) is 1. The fourth-order valence-electron chi connectivity index (χ4n) is 2.64. The Morgan fingerprint density at radius 2 is 1.76 bits per heavy atom. The summed E-state index contributed by atoms with van der Waals surface area (Å²) in [6.45, 7) is 4.91. The number of nitrogens with one attached hydrogen (secondary N) is 1. The molecule has 0 saturated heterocycles. The summed E-state index contributed by atoms with van der Waals surface area (Å²) in [5, 5.41) is 3.40. The highest BCUT2D eigenvalue weighted by Gasteiger charge is 2.12. The van der Waals surface area contributed by atoms with E-state index in [9.17, 15) is 0 Å². The standard InChI is InChI=1S/C19H25NO/c1-4-7-15-10-12-16(13-11-15)19(20-3)17-8-6-9-18(14-17)21-5-2/h6,8-14,19-20H,4-5,7H2,1-3H3. The first-order valence-corrected chi connectivity index (χ1v) is 7.77. The fraction of sp³-hybridized carbons (Fsp3) is 0.368. The molecule has 2 aromatic rings. The van der Waals surface area contributed by atoms with Gasteiger partial charge in [-0.15, -0.1) is 0 Å². The summed E-state index contributed by atoms with van der Waals surface area (Å²) in [7, 11) is 2.00. The predicted molar refractivity (Wildman–Crippen MR) is 89.0 cm³/mol. The van der Waals surface area contributed by atoms with Crippen LogP contribution in [0.25, 0.3) is 0 Å². The molecule has 0 aliphatic heterocycles. The molecule has 0 aliphatic rings. The molecule has 1 atom stereocenters. The van der Waals surface area contributed by atoms with Crippen molar-refractivity contribution in [2.24, 2.45) is 0 Å². The van der Waals surface area contributed by atoms with Gasteiger partial charge in [-0.2, -0.15) is 0 Å². The van der Waals surface area contributed by atoms with E-state index in [-0.39, 0.29) is 6.04 Å². The van der Waals surface area contributed by atoms with Gasteiger partial charge in [-0.05, 0) is 49.2 Å². The summed E-state index contributed by atoms with van der Waals surface area (Å²) in [6, 6.07) is 17.4. The Bertz CT molecular complexity index is 548. The second-order valence-electron chi connectivity index (χ2n) is 5.22. The number of hydrogen-bond acceptors (Lipinski definition) is 2. The molecule has 1 N–H and O–H groups in total. The summed E-state index contributed by atoms with van der Waals surface area (Å²) >= 11 is 0. The molecule has 1 unspecified atom stereocenters. The number of rotatable bonds is 7. The topological polar surface area (TPSA) is 21.3 Å². The quantitative estimate of drug-likeness (QED) is 0.816. The summed E-state index contributed by atoms with van der Waals surface area (Å²) < 4.78 is 5.60. The lowest BCUT2D eigenvalue weighted by atomic mass is 9.97. The first kappa shape index (κ1) is 15.6. The lowest BCUT2D eigenvalue weighted by Crippen LogP contribution is -2.17. The summed E-state index contributed by atoms with van der Waals surface area (Å²) in [5.41, 5.74) is 3.91. The Morgan fingerprint density at radius 1 is 1.00 bits per heavy atom. The highest BCUT2D eigenvalue weighted by Crippen LogP contribution is 2.25. The van der Waals surface area contributed by atoms with Crippen LogP contribution in [-0.4, -0.2) is 13.7 Å². The van der Waals surface area contributed by atoms with Gasteiger partial charge in [-0.1, -0.05) is 49.7 Å². The number of aryl methyl sites for hydroxylation is 1. The van der Waals surface area contributed by atoms with Gasteiger partial charge in [-0.3, -0.25) is 0 Å². The lowest BCUT2D eigenvalue weighted by Gasteiger charge is -2.18. The van der Waals surface area contributed by atoms with Crippen molar-refractivity contribution in [2.75, 3.05) is 13.7 Å². The first-order valence-electron chi connectivity index (χ1n) is 7.77. The predicted octanol–water partition coefficient (Wildman–Crippen LogP) is 4.35. The van der Waals surface area contributed by atoms with Gasteiger partial charge in [0.1, 0.15) is 5.75 Å². The maximum absolute atomic E-state index is 5.60. The van der Waals surface area contributed by atoms with Gasteiger partial charge in [-0.25, -0.2) is 0 Å². The van der Waals surface area contributed by atoms with E-state index in [2.05, 4.69) is 54.7 Å². The van der Waals surface area contributed by atoms with Crippen LogP contribution in [0.3, 0.4) is 0 Å². The third-order valence-corrected chi connectivity index (χ3v) is 3.64. The molecule has 2 heteroatoms. The van der Waals surface area contributed by atoms with Gasteiger partial charge in [0.15, 0.2) is 0 Å². The first-order chi connectivity index (χ1) is 10.3. The van der Waals surface area contributed by atoms with E-state index in [1.807, 2.05) is 20.0 Å². The van der Waals surface area contributed by atoms with E-state index in [0.717, 1.165) is 12.2 Å². The molecule has 0 spiro atoms. The van der Waals surface area contributed by atoms with E-state index in [4.69, 9.17) is 4.74 Å². The molecule has 2 nitrogen and oxygen atoms in total. The third kappa shape index (κ3) is 4.08. The van der Waals surface area contributed by atoms with E-state index in [1.165, 1.54) is 23.1 Å². The molecular weight excluding hydrogens is 258 g/mol. The van der Waals surface area contributed by atoms with Crippen LogP contribution in [-0.2, 0) is 6.42 Å². The molecule has 0 aliphatic carbocycles. The van der Waals surface area contributed by atoms with Gasteiger partial charge < -0.3 is 10.1 Å². The average molecular weight is 283 g/mol. The maximum Gasteiger partial charge on any atom is 0.119 e.